The Balaban J connectivity index is 1.69. The Morgan fingerprint density at radius 1 is 1.08 bits per heavy atom. The molecule has 0 radical (unpaired) electrons. The highest BCUT2D eigenvalue weighted by Crippen LogP contribution is 2.59. The fourth-order valence-corrected chi connectivity index (χ4v) is 6.73. The minimum Gasteiger partial charge on any atom is -0.461 e. The molecule has 198 valence electrons. The maximum atomic E-state index is 14.4. The summed E-state index contributed by atoms with van der Waals surface area (Å²) in [6.45, 7) is 5.96. The van der Waals surface area contributed by atoms with Crippen LogP contribution in [0.15, 0.2) is 48.6 Å². The van der Waals surface area contributed by atoms with Crippen LogP contribution < -0.4 is 4.90 Å². The molecule has 0 bridgehead atoms. The first-order chi connectivity index (χ1) is 17.7. The number of nitrogens with zero attached hydrogens (tertiary/aromatic N) is 2. The van der Waals surface area contributed by atoms with E-state index in [0.717, 1.165) is 0 Å². The number of benzene rings is 1. The molecule has 6 atom stereocenters. The summed E-state index contributed by atoms with van der Waals surface area (Å²) < 4.78 is 12.3. The van der Waals surface area contributed by atoms with Gasteiger partial charge in [-0.05, 0) is 49.1 Å². The zero-order valence-corrected chi connectivity index (χ0v) is 22.1. The topological polar surface area (TPSA) is 96.4 Å². The van der Waals surface area contributed by atoms with Gasteiger partial charge < -0.3 is 24.4 Å². The number of ether oxygens (including phenoxy) is 2. The highest BCUT2D eigenvalue weighted by atomic mass is 35.5. The number of halogens is 1. The van der Waals surface area contributed by atoms with E-state index in [-0.39, 0.29) is 37.5 Å². The van der Waals surface area contributed by atoms with Crippen LogP contribution in [0, 0.1) is 17.8 Å². The molecule has 0 saturated carbocycles. The van der Waals surface area contributed by atoms with E-state index >= 15 is 0 Å². The fraction of sp³-hybridized carbons (Fsp3) is 0.536. The molecule has 4 aliphatic rings. The van der Waals surface area contributed by atoms with E-state index in [9.17, 15) is 19.5 Å². The summed E-state index contributed by atoms with van der Waals surface area (Å²) in [4.78, 5) is 45.2. The molecule has 1 N–H and O–H groups in total. The highest BCUT2D eigenvalue weighted by molar-refractivity contribution is 6.30. The molecule has 37 heavy (non-hydrogen) atoms. The number of likely N-dealkylation sites (tertiary alicyclic amines) is 1. The predicted molar refractivity (Wildman–Crippen MR) is 138 cm³/mol. The van der Waals surface area contributed by atoms with Crippen molar-refractivity contribution in [3.63, 3.8) is 0 Å². The van der Waals surface area contributed by atoms with Crippen molar-refractivity contribution < 1.29 is 29.0 Å². The van der Waals surface area contributed by atoms with Gasteiger partial charge in [-0.2, -0.15) is 0 Å². The lowest BCUT2D eigenvalue weighted by Crippen LogP contribution is -2.59. The van der Waals surface area contributed by atoms with Crippen LogP contribution >= 0.6 is 11.6 Å². The zero-order chi connectivity index (χ0) is 26.5. The van der Waals surface area contributed by atoms with E-state index in [2.05, 4.69) is 0 Å². The van der Waals surface area contributed by atoms with Crippen LogP contribution in [0.25, 0.3) is 0 Å². The number of carbonyl (C=O) groups excluding carboxylic acids is 3. The Morgan fingerprint density at radius 2 is 1.81 bits per heavy atom. The molecule has 1 spiro atoms. The summed E-state index contributed by atoms with van der Waals surface area (Å²) in [6.07, 6.45) is 8.12. The summed E-state index contributed by atoms with van der Waals surface area (Å²) >= 11 is 6.09. The smallest absolute Gasteiger partial charge is 0.313 e. The van der Waals surface area contributed by atoms with Gasteiger partial charge in [0, 0.05) is 17.3 Å². The molecule has 0 aromatic heterocycles. The van der Waals surface area contributed by atoms with Gasteiger partial charge >= 0.3 is 5.97 Å². The quantitative estimate of drug-likeness (QED) is 0.450. The van der Waals surface area contributed by atoms with Crippen molar-refractivity contribution in [1.29, 1.82) is 0 Å². The normalized spacial score (nSPS) is 33.7. The van der Waals surface area contributed by atoms with Crippen LogP contribution in [-0.4, -0.2) is 70.8 Å². The molecule has 9 heteroatoms. The van der Waals surface area contributed by atoms with Crippen molar-refractivity contribution >= 4 is 35.1 Å². The lowest BCUT2D eigenvalue weighted by atomic mass is 9.73. The van der Waals surface area contributed by atoms with Gasteiger partial charge in [0.15, 0.2) is 0 Å². The molecule has 4 aliphatic heterocycles. The van der Waals surface area contributed by atoms with E-state index in [1.807, 2.05) is 32.9 Å². The maximum absolute atomic E-state index is 14.4. The van der Waals surface area contributed by atoms with Gasteiger partial charge in [0.1, 0.15) is 29.8 Å². The Labute approximate surface area is 221 Å². The molecule has 4 heterocycles. The van der Waals surface area contributed by atoms with E-state index < -0.39 is 41.1 Å². The Hall–Kier alpha value is -2.68. The van der Waals surface area contributed by atoms with Gasteiger partial charge in [-0.15, -0.1) is 0 Å². The van der Waals surface area contributed by atoms with E-state index in [1.54, 1.807) is 41.3 Å². The number of hydrogen-bond acceptors (Lipinski definition) is 6. The van der Waals surface area contributed by atoms with Crippen molar-refractivity contribution in [3.05, 3.63) is 53.6 Å². The molecular formula is C28H33ClN2O6. The van der Waals surface area contributed by atoms with Crippen molar-refractivity contribution in [2.24, 2.45) is 17.8 Å². The molecule has 2 fully saturated rings. The minimum absolute atomic E-state index is 0.104. The Kier molecular flexibility index (Phi) is 6.71. The van der Waals surface area contributed by atoms with Crippen molar-refractivity contribution in [2.75, 3.05) is 24.7 Å². The van der Waals surface area contributed by atoms with Crippen LogP contribution in [0.5, 0.6) is 0 Å². The van der Waals surface area contributed by atoms with Crippen molar-refractivity contribution in [3.8, 4) is 0 Å². The first kappa shape index (κ1) is 25.9. The number of cyclic esters (lactones) is 1. The van der Waals surface area contributed by atoms with E-state index in [4.69, 9.17) is 21.1 Å². The lowest BCUT2D eigenvalue weighted by molar-refractivity contribution is -0.159. The average molecular weight is 529 g/mol. The summed E-state index contributed by atoms with van der Waals surface area (Å²) in [5.41, 5.74) is -1.83. The molecule has 1 unspecified atom stereocenters. The number of anilines is 1. The second-order valence-corrected chi connectivity index (χ2v) is 11.1. The fourth-order valence-electron chi connectivity index (χ4n) is 6.60. The number of esters is 1. The number of fused-ring (bicyclic) bond motifs is 2. The van der Waals surface area contributed by atoms with Crippen molar-refractivity contribution in [2.45, 2.75) is 56.9 Å². The number of aliphatic hydroxyl groups excluding tert-OH is 1. The molecule has 2 amide bonds. The molecule has 8 nitrogen and oxygen atoms in total. The van der Waals surface area contributed by atoms with Crippen molar-refractivity contribution in [1.82, 2.24) is 4.90 Å². The molecule has 1 aromatic rings. The lowest BCUT2D eigenvalue weighted by Gasteiger charge is -2.41. The van der Waals surface area contributed by atoms with E-state index in [1.165, 1.54) is 4.90 Å². The minimum atomic E-state index is -1.39. The molecular weight excluding hydrogens is 496 g/mol. The van der Waals surface area contributed by atoms with Crippen LogP contribution in [0.3, 0.4) is 0 Å². The number of aliphatic hydroxyl groups is 1. The highest BCUT2D eigenvalue weighted by Gasteiger charge is 2.76. The van der Waals surface area contributed by atoms with E-state index in [0.29, 0.717) is 23.6 Å². The summed E-state index contributed by atoms with van der Waals surface area (Å²) in [7, 11) is 0. The average Bonchev–Trinajstić information content (AvgIpc) is 3.15. The summed E-state index contributed by atoms with van der Waals surface area (Å²) in [5, 5.41) is 10.9. The maximum Gasteiger partial charge on any atom is 0.313 e. The first-order valence-corrected chi connectivity index (χ1v) is 13.3. The van der Waals surface area contributed by atoms with Crippen LogP contribution in [0.4, 0.5) is 5.69 Å². The largest absolute Gasteiger partial charge is 0.461 e. The summed E-state index contributed by atoms with van der Waals surface area (Å²) in [6, 6.07) is 5.26. The third-order valence-corrected chi connectivity index (χ3v) is 8.37. The first-order valence-electron chi connectivity index (χ1n) is 12.9. The van der Waals surface area contributed by atoms with Gasteiger partial charge in [0.05, 0.1) is 18.6 Å². The molecule has 5 rings (SSSR count). The Morgan fingerprint density at radius 3 is 2.46 bits per heavy atom. The van der Waals surface area contributed by atoms with Crippen LogP contribution in [0.2, 0.25) is 5.02 Å². The second kappa shape index (κ2) is 9.57. The Bertz CT molecular complexity index is 1150. The standard InChI is InChI=1S/C28H33ClN2O6/c1-4-27-11-6-14-36-26(35)22(27)21-24(33)31(20(16-32)15-17(2)3)23-25(34)30(13-5-12-28(21,23)37-27)19-9-7-18(29)8-10-19/h5-12,17,20-23,32H,4,13-16H2,1-3H3/t20-,21+,22-,23?,27+,28+/m1/s1. The summed E-state index contributed by atoms with van der Waals surface area (Å²) in [5.74, 6) is -2.91. The second-order valence-electron chi connectivity index (χ2n) is 10.7. The number of hydrogen-bond donors (Lipinski definition) is 1. The zero-order valence-electron chi connectivity index (χ0n) is 21.3. The number of carbonyl (C=O) groups is 3. The van der Waals surface area contributed by atoms with Gasteiger partial charge in [-0.1, -0.05) is 50.6 Å². The number of rotatable bonds is 6. The monoisotopic (exact) mass is 528 g/mol. The molecule has 1 aromatic carbocycles. The third kappa shape index (κ3) is 3.92. The van der Waals surface area contributed by atoms with Gasteiger partial charge in [-0.25, -0.2) is 0 Å². The van der Waals surface area contributed by atoms with Gasteiger partial charge in [-0.3, -0.25) is 14.4 Å². The third-order valence-electron chi connectivity index (χ3n) is 8.12. The molecule has 0 aliphatic carbocycles. The van der Waals surface area contributed by atoms with Crippen LogP contribution in [0.1, 0.15) is 33.6 Å². The van der Waals surface area contributed by atoms with Gasteiger partial charge in [0.2, 0.25) is 5.91 Å². The predicted octanol–water partition coefficient (Wildman–Crippen LogP) is 3.12. The molecule has 2 saturated heterocycles. The number of amides is 2. The SMILES string of the molecule is CC[C@]12C=CCOC(=O)[C@H]1[C@H]1C(=O)N([C@@H](CO)CC(C)C)C3C(=O)N(c4ccc(Cl)cc4)CC=C[C@@]31O2. The van der Waals surface area contributed by atoms with Crippen LogP contribution in [-0.2, 0) is 23.9 Å². The van der Waals surface area contributed by atoms with Gasteiger partial charge in [0.25, 0.3) is 5.91 Å².